The molecule has 6 nitrogen and oxygen atoms in total. The second-order valence-corrected chi connectivity index (χ2v) is 6.33. The van der Waals surface area contributed by atoms with Gasteiger partial charge in [-0.2, -0.15) is 0 Å². The molecule has 0 radical (unpaired) electrons. The minimum Gasteiger partial charge on any atom is -0.497 e. The molecule has 2 N–H and O–H groups in total. The van der Waals surface area contributed by atoms with Gasteiger partial charge in [0.25, 0.3) is 0 Å². The van der Waals surface area contributed by atoms with E-state index in [0.29, 0.717) is 13.2 Å². The van der Waals surface area contributed by atoms with Gasteiger partial charge in [0.1, 0.15) is 23.1 Å². The number of rotatable bonds is 5. The normalized spacial score (nSPS) is 21.5. The Hall–Kier alpha value is -2.26. The van der Waals surface area contributed by atoms with Gasteiger partial charge in [-0.05, 0) is 12.1 Å². The lowest BCUT2D eigenvalue weighted by Gasteiger charge is -2.20. The van der Waals surface area contributed by atoms with Crippen LogP contribution in [0.5, 0.6) is 11.5 Å². The molecule has 1 saturated heterocycles. The summed E-state index contributed by atoms with van der Waals surface area (Å²) < 4.78 is 51.3. The summed E-state index contributed by atoms with van der Waals surface area (Å²) in [7, 11) is 4.67. The van der Waals surface area contributed by atoms with Gasteiger partial charge in [0.05, 0.1) is 33.0 Å². The maximum absolute atomic E-state index is 12.3. The lowest BCUT2D eigenvalue weighted by molar-refractivity contribution is -0.158. The van der Waals surface area contributed by atoms with E-state index < -0.39 is 17.9 Å². The first-order chi connectivity index (χ1) is 14.0. The zero-order valence-corrected chi connectivity index (χ0v) is 16.8. The van der Waals surface area contributed by atoms with E-state index in [-0.39, 0.29) is 18.0 Å². The van der Waals surface area contributed by atoms with Crippen LogP contribution in [0.4, 0.5) is 8.78 Å². The van der Waals surface area contributed by atoms with Crippen molar-refractivity contribution in [1.29, 1.82) is 0 Å². The average Bonchev–Trinajstić information content (AvgIpc) is 2.96. The summed E-state index contributed by atoms with van der Waals surface area (Å²) in [5.74, 6) is -0.256. The molecule has 0 aliphatic carbocycles. The second-order valence-electron chi connectivity index (χ2n) is 6.33. The molecule has 8 heteroatoms. The molecule has 1 aliphatic heterocycles. The zero-order chi connectivity index (χ0) is 21.2. The number of ether oxygens (including phenoxy) is 5. The minimum absolute atomic E-state index is 0.0248. The van der Waals surface area contributed by atoms with Gasteiger partial charge in [0.2, 0.25) is 0 Å². The molecule has 0 saturated carbocycles. The van der Waals surface area contributed by atoms with Crippen LogP contribution in [-0.2, 0) is 14.2 Å². The Morgan fingerprint density at radius 1 is 0.966 bits per heavy atom. The van der Waals surface area contributed by atoms with Crippen LogP contribution >= 0.6 is 0 Å². The van der Waals surface area contributed by atoms with E-state index >= 15 is 0 Å². The maximum Gasteiger partial charge on any atom is 0.184 e. The van der Waals surface area contributed by atoms with Crippen molar-refractivity contribution in [3.8, 4) is 11.5 Å². The van der Waals surface area contributed by atoms with Gasteiger partial charge in [-0.25, -0.2) is 8.78 Å². The fraction of sp³-hybridized carbons (Fsp3) is 0.429. The van der Waals surface area contributed by atoms with Crippen molar-refractivity contribution in [3.63, 3.8) is 0 Å². The Labute approximate surface area is 169 Å². The van der Waals surface area contributed by atoms with Crippen molar-refractivity contribution in [3.05, 3.63) is 59.7 Å². The molecule has 1 heterocycles. The average molecular weight is 411 g/mol. The summed E-state index contributed by atoms with van der Waals surface area (Å²) >= 11 is 0. The van der Waals surface area contributed by atoms with E-state index in [1.54, 1.807) is 14.2 Å². The van der Waals surface area contributed by atoms with E-state index in [1.165, 1.54) is 7.11 Å². The highest BCUT2D eigenvalue weighted by Crippen LogP contribution is 2.27. The van der Waals surface area contributed by atoms with Gasteiger partial charge in [0.15, 0.2) is 6.29 Å². The standard InChI is InChI=1S/C14H21NO4.C7H6F2O/c1-16-11-5-3-10(4-6-11)14-18-9-13(17-2)7-12(8-15)19-14;1-10-7-3-5(8)2-6(9)4-7/h3-6,12-14H,7-9,15H2,1-2H3;2-4H,1H3. The molecule has 1 fully saturated rings. The molecular formula is C21H27F2NO5. The highest BCUT2D eigenvalue weighted by atomic mass is 19.1. The highest BCUT2D eigenvalue weighted by Gasteiger charge is 2.27. The third kappa shape index (κ3) is 7.25. The predicted molar refractivity (Wildman–Crippen MR) is 104 cm³/mol. The van der Waals surface area contributed by atoms with Crippen LogP contribution in [0.2, 0.25) is 0 Å². The number of halogens is 2. The van der Waals surface area contributed by atoms with Crippen molar-refractivity contribution >= 4 is 0 Å². The minimum atomic E-state index is -0.628. The fourth-order valence-electron chi connectivity index (χ4n) is 2.72. The van der Waals surface area contributed by atoms with Crippen molar-refractivity contribution in [1.82, 2.24) is 0 Å². The highest BCUT2D eigenvalue weighted by molar-refractivity contribution is 5.28. The zero-order valence-electron chi connectivity index (χ0n) is 16.8. The molecule has 3 atom stereocenters. The Bertz CT molecular complexity index is 724. The summed E-state index contributed by atoms with van der Waals surface area (Å²) in [5.41, 5.74) is 6.67. The third-order valence-electron chi connectivity index (χ3n) is 4.33. The Balaban J connectivity index is 0.000000253. The molecule has 0 bridgehead atoms. The van der Waals surface area contributed by atoms with Crippen LogP contribution in [0.1, 0.15) is 18.3 Å². The lowest BCUT2D eigenvalue weighted by Crippen LogP contribution is -2.28. The smallest absolute Gasteiger partial charge is 0.184 e. The van der Waals surface area contributed by atoms with Crippen LogP contribution in [0.25, 0.3) is 0 Å². The summed E-state index contributed by atoms with van der Waals surface area (Å²) in [6.45, 7) is 0.958. The Morgan fingerprint density at radius 2 is 1.59 bits per heavy atom. The quantitative estimate of drug-likeness (QED) is 0.813. The fourth-order valence-corrected chi connectivity index (χ4v) is 2.72. The van der Waals surface area contributed by atoms with E-state index in [1.807, 2.05) is 24.3 Å². The summed E-state index contributed by atoms with van der Waals surface area (Å²) in [6, 6.07) is 10.7. The van der Waals surface area contributed by atoms with E-state index in [9.17, 15) is 8.78 Å². The SMILES string of the molecule is COc1cc(F)cc(F)c1.COc1ccc(C2OCC(OC)CC(CN)O2)cc1. The lowest BCUT2D eigenvalue weighted by atomic mass is 10.1. The molecule has 1 aliphatic rings. The van der Waals surface area contributed by atoms with E-state index in [2.05, 4.69) is 4.74 Å². The Morgan fingerprint density at radius 3 is 2.10 bits per heavy atom. The van der Waals surface area contributed by atoms with Gasteiger partial charge in [-0.1, -0.05) is 12.1 Å². The molecule has 3 unspecified atom stereocenters. The molecule has 2 aromatic carbocycles. The first-order valence-corrected chi connectivity index (χ1v) is 9.13. The molecule has 0 amide bonds. The maximum atomic E-state index is 12.3. The van der Waals surface area contributed by atoms with Crippen molar-refractivity contribution < 1.29 is 32.5 Å². The molecular weight excluding hydrogens is 384 g/mol. The number of methoxy groups -OCH3 is 3. The summed E-state index contributed by atoms with van der Waals surface area (Å²) in [5, 5.41) is 0. The van der Waals surface area contributed by atoms with Crippen molar-refractivity contribution in [2.75, 3.05) is 34.5 Å². The monoisotopic (exact) mass is 411 g/mol. The first-order valence-electron chi connectivity index (χ1n) is 9.13. The molecule has 3 rings (SSSR count). The first kappa shape index (κ1) is 23.0. The topological polar surface area (TPSA) is 72.2 Å². The molecule has 2 aromatic rings. The van der Waals surface area contributed by atoms with Gasteiger partial charge in [0, 0.05) is 43.8 Å². The molecule has 160 valence electrons. The van der Waals surface area contributed by atoms with Crippen molar-refractivity contribution in [2.24, 2.45) is 5.73 Å². The number of nitrogens with two attached hydrogens (primary N) is 1. The molecule has 0 spiro atoms. The van der Waals surface area contributed by atoms with Gasteiger partial charge >= 0.3 is 0 Å². The number of hydrogen-bond acceptors (Lipinski definition) is 6. The van der Waals surface area contributed by atoms with Crippen LogP contribution in [0.15, 0.2) is 42.5 Å². The largest absolute Gasteiger partial charge is 0.497 e. The Kier molecular flexibility index (Phi) is 9.27. The van der Waals surface area contributed by atoms with E-state index in [4.69, 9.17) is 24.7 Å². The van der Waals surface area contributed by atoms with Crippen LogP contribution < -0.4 is 15.2 Å². The molecule has 29 heavy (non-hydrogen) atoms. The third-order valence-corrected chi connectivity index (χ3v) is 4.33. The second kappa shape index (κ2) is 11.7. The van der Waals surface area contributed by atoms with Gasteiger partial charge < -0.3 is 29.4 Å². The summed E-state index contributed by atoms with van der Waals surface area (Å²) in [4.78, 5) is 0. The number of benzene rings is 2. The van der Waals surface area contributed by atoms with Crippen LogP contribution in [-0.4, -0.2) is 46.7 Å². The van der Waals surface area contributed by atoms with Gasteiger partial charge in [-0.15, -0.1) is 0 Å². The number of hydrogen-bond donors (Lipinski definition) is 1. The van der Waals surface area contributed by atoms with Crippen molar-refractivity contribution in [2.45, 2.75) is 24.9 Å². The predicted octanol–water partition coefficient (Wildman–Crippen LogP) is 3.45. The molecule has 0 aromatic heterocycles. The van der Waals surface area contributed by atoms with Gasteiger partial charge in [-0.3, -0.25) is 0 Å². The van der Waals surface area contributed by atoms with E-state index in [0.717, 1.165) is 35.9 Å². The van der Waals surface area contributed by atoms with Crippen LogP contribution in [0.3, 0.4) is 0 Å². The van der Waals surface area contributed by atoms with Crippen LogP contribution in [0, 0.1) is 11.6 Å². The summed E-state index contributed by atoms with van der Waals surface area (Å²) in [6.07, 6.45) is 0.315.